The van der Waals surface area contributed by atoms with Crippen molar-refractivity contribution in [2.24, 2.45) is 0 Å². The van der Waals surface area contributed by atoms with Gasteiger partial charge in [0.2, 0.25) is 0 Å². The summed E-state index contributed by atoms with van der Waals surface area (Å²) >= 11 is 0. The third kappa shape index (κ3) is 3.76. The van der Waals surface area contributed by atoms with Crippen molar-refractivity contribution in [3.8, 4) is 22.6 Å². The minimum absolute atomic E-state index is 0.0604. The Bertz CT molecular complexity index is 913. The largest absolute Gasteiger partial charge is 0.497 e. The smallest absolute Gasteiger partial charge is 0.269 e. The Morgan fingerprint density at radius 3 is 2.22 bits per heavy atom. The van der Waals surface area contributed by atoms with E-state index < -0.39 is 4.92 Å². The molecule has 1 aromatic heterocycles. The van der Waals surface area contributed by atoms with Gasteiger partial charge in [-0.3, -0.25) is 10.1 Å². The molecule has 0 atom stereocenters. The van der Waals surface area contributed by atoms with Crippen LogP contribution in [0.2, 0.25) is 0 Å². The zero-order valence-corrected chi connectivity index (χ0v) is 15.6. The summed E-state index contributed by atoms with van der Waals surface area (Å²) in [6, 6.07) is 14.2. The van der Waals surface area contributed by atoms with Gasteiger partial charge in [-0.1, -0.05) is 12.1 Å². The molecule has 0 saturated heterocycles. The highest BCUT2D eigenvalue weighted by Gasteiger charge is 2.17. The number of nitro groups is 1. The molecule has 3 rings (SSSR count). The Morgan fingerprint density at radius 2 is 1.70 bits per heavy atom. The molecule has 0 aliphatic rings. The van der Waals surface area contributed by atoms with Gasteiger partial charge in [-0.05, 0) is 43.7 Å². The fourth-order valence-electron chi connectivity index (χ4n) is 2.96. The van der Waals surface area contributed by atoms with E-state index in [2.05, 4.69) is 18.7 Å². The molecular weight excluding hydrogens is 344 g/mol. The van der Waals surface area contributed by atoms with E-state index in [1.165, 1.54) is 12.1 Å². The number of nitro benzene ring substituents is 1. The van der Waals surface area contributed by atoms with Crippen LogP contribution in [0.5, 0.6) is 5.75 Å². The van der Waals surface area contributed by atoms with Gasteiger partial charge in [-0.2, -0.15) is 0 Å². The van der Waals surface area contributed by atoms with Crippen molar-refractivity contribution in [3.05, 3.63) is 64.8 Å². The van der Waals surface area contributed by atoms with Crippen molar-refractivity contribution in [1.82, 2.24) is 9.78 Å². The highest BCUT2D eigenvalue weighted by molar-refractivity contribution is 5.76. The minimum Gasteiger partial charge on any atom is -0.497 e. The van der Waals surface area contributed by atoms with E-state index in [-0.39, 0.29) is 5.69 Å². The Hall–Kier alpha value is -3.35. The van der Waals surface area contributed by atoms with Gasteiger partial charge in [0.25, 0.3) is 5.69 Å². The molecule has 7 nitrogen and oxygen atoms in total. The molecule has 140 valence electrons. The molecule has 2 aromatic carbocycles. The number of benzene rings is 2. The van der Waals surface area contributed by atoms with E-state index >= 15 is 0 Å². The van der Waals surface area contributed by atoms with Crippen LogP contribution in [0.4, 0.5) is 11.5 Å². The first-order valence-electron chi connectivity index (χ1n) is 8.81. The van der Waals surface area contributed by atoms with Crippen LogP contribution in [-0.2, 0) is 0 Å². The fraction of sp³-hybridized carbons (Fsp3) is 0.250. The number of aromatic nitrogens is 2. The average molecular weight is 366 g/mol. The Labute approximate surface area is 158 Å². The molecule has 1 heterocycles. The summed E-state index contributed by atoms with van der Waals surface area (Å²) < 4.78 is 7.00. The lowest BCUT2D eigenvalue weighted by Gasteiger charge is -2.19. The topological polar surface area (TPSA) is 73.4 Å². The molecule has 3 aromatic rings. The summed E-state index contributed by atoms with van der Waals surface area (Å²) in [7, 11) is 1.64. The zero-order valence-electron chi connectivity index (χ0n) is 15.6. The van der Waals surface area contributed by atoms with Crippen molar-refractivity contribution in [2.45, 2.75) is 13.8 Å². The molecule has 0 bridgehead atoms. The number of ether oxygens (including phenoxy) is 1. The lowest BCUT2D eigenvalue weighted by Crippen LogP contribution is -2.23. The van der Waals surface area contributed by atoms with Crippen LogP contribution in [0.25, 0.3) is 16.8 Å². The molecular formula is C20H22N4O3. The van der Waals surface area contributed by atoms with Crippen LogP contribution < -0.4 is 9.64 Å². The first-order valence-corrected chi connectivity index (χ1v) is 8.81. The molecule has 0 aliphatic heterocycles. The quantitative estimate of drug-likeness (QED) is 0.460. The predicted octanol–water partition coefficient (Wildman–Crippen LogP) is 4.30. The lowest BCUT2D eigenvalue weighted by molar-refractivity contribution is -0.384. The Kier molecular flexibility index (Phi) is 5.40. The van der Waals surface area contributed by atoms with E-state index in [0.717, 1.165) is 41.5 Å². The second kappa shape index (κ2) is 7.90. The zero-order chi connectivity index (χ0) is 19.4. The first-order chi connectivity index (χ1) is 13.1. The van der Waals surface area contributed by atoms with Crippen LogP contribution in [0, 0.1) is 10.1 Å². The van der Waals surface area contributed by atoms with E-state index in [1.807, 2.05) is 30.5 Å². The predicted molar refractivity (Wildman–Crippen MR) is 106 cm³/mol. The fourth-order valence-corrected chi connectivity index (χ4v) is 2.96. The van der Waals surface area contributed by atoms with Crippen LogP contribution in [-0.4, -0.2) is 34.9 Å². The Morgan fingerprint density at radius 1 is 1.07 bits per heavy atom. The second-order valence-corrected chi connectivity index (χ2v) is 5.99. The summed E-state index contributed by atoms with van der Waals surface area (Å²) in [4.78, 5) is 12.7. The second-order valence-electron chi connectivity index (χ2n) is 5.99. The normalized spacial score (nSPS) is 10.6. The van der Waals surface area contributed by atoms with Gasteiger partial charge in [0.15, 0.2) is 5.82 Å². The van der Waals surface area contributed by atoms with Gasteiger partial charge in [-0.25, -0.2) is 4.68 Å². The first kappa shape index (κ1) is 18.4. The standard InChI is InChI=1S/C20H22N4O3/c1-4-22(5-2)20-19(15-6-12-18(27-3)13-7-15)14-23(21-20)16-8-10-17(11-9-16)24(25)26/h6-14H,4-5H2,1-3H3. The summed E-state index contributed by atoms with van der Waals surface area (Å²) in [5.74, 6) is 1.68. The number of rotatable bonds is 7. The molecule has 0 aliphatic carbocycles. The van der Waals surface area contributed by atoms with Gasteiger partial charge in [0.1, 0.15) is 5.75 Å². The van der Waals surface area contributed by atoms with Gasteiger partial charge < -0.3 is 9.64 Å². The minimum atomic E-state index is -0.406. The van der Waals surface area contributed by atoms with Crippen molar-refractivity contribution < 1.29 is 9.66 Å². The maximum absolute atomic E-state index is 10.9. The number of anilines is 1. The van der Waals surface area contributed by atoms with Gasteiger partial charge in [0.05, 0.1) is 17.7 Å². The van der Waals surface area contributed by atoms with E-state index in [4.69, 9.17) is 9.84 Å². The van der Waals surface area contributed by atoms with Crippen LogP contribution >= 0.6 is 0 Å². The van der Waals surface area contributed by atoms with Gasteiger partial charge >= 0.3 is 0 Å². The molecule has 27 heavy (non-hydrogen) atoms. The summed E-state index contributed by atoms with van der Waals surface area (Å²) in [5.41, 5.74) is 2.87. The maximum Gasteiger partial charge on any atom is 0.269 e. The highest BCUT2D eigenvalue weighted by atomic mass is 16.6. The van der Waals surface area contributed by atoms with Crippen LogP contribution in [0.15, 0.2) is 54.7 Å². The third-order valence-electron chi connectivity index (χ3n) is 4.48. The number of nitrogens with zero attached hydrogens (tertiary/aromatic N) is 4. The van der Waals surface area contributed by atoms with Gasteiger partial charge in [-0.15, -0.1) is 5.10 Å². The van der Waals surface area contributed by atoms with Crippen molar-refractivity contribution >= 4 is 11.5 Å². The number of non-ortho nitro benzene ring substituents is 1. The molecule has 0 fully saturated rings. The maximum atomic E-state index is 10.9. The van der Waals surface area contributed by atoms with E-state index in [9.17, 15) is 10.1 Å². The van der Waals surface area contributed by atoms with E-state index in [1.54, 1.807) is 23.9 Å². The number of hydrogen-bond acceptors (Lipinski definition) is 5. The molecule has 7 heteroatoms. The van der Waals surface area contributed by atoms with Crippen molar-refractivity contribution in [1.29, 1.82) is 0 Å². The SMILES string of the molecule is CCN(CC)c1nn(-c2ccc([N+](=O)[O-])cc2)cc1-c1ccc(OC)cc1. The summed E-state index contributed by atoms with van der Waals surface area (Å²) in [5, 5.41) is 15.6. The third-order valence-corrected chi connectivity index (χ3v) is 4.48. The van der Waals surface area contributed by atoms with Crippen molar-refractivity contribution in [3.63, 3.8) is 0 Å². The lowest BCUT2D eigenvalue weighted by atomic mass is 10.1. The monoisotopic (exact) mass is 366 g/mol. The summed E-state index contributed by atoms with van der Waals surface area (Å²) in [6.07, 6.45) is 1.95. The van der Waals surface area contributed by atoms with Gasteiger partial charge in [0, 0.05) is 37.0 Å². The molecule has 0 amide bonds. The molecule has 0 unspecified atom stereocenters. The van der Waals surface area contributed by atoms with Crippen LogP contribution in [0.3, 0.4) is 0 Å². The molecule has 0 N–H and O–H groups in total. The average Bonchev–Trinajstić information content (AvgIpc) is 3.14. The van der Waals surface area contributed by atoms with Crippen LogP contribution in [0.1, 0.15) is 13.8 Å². The number of hydrogen-bond donors (Lipinski definition) is 0. The van der Waals surface area contributed by atoms with E-state index in [0.29, 0.717) is 0 Å². The Balaban J connectivity index is 2.06. The molecule has 0 radical (unpaired) electrons. The molecule has 0 spiro atoms. The highest BCUT2D eigenvalue weighted by Crippen LogP contribution is 2.32. The molecule has 0 saturated carbocycles. The summed E-state index contributed by atoms with van der Waals surface area (Å²) in [6.45, 7) is 5.84. The number of methoxy groups -OCH3 is 1. The van der Waals surface area contributed by atoms with Crippen molar-refractivity contribution in [2.75, 3.05) is 25.1 Å².